The van der Waals surface area contributed by atoms with E-state index in [0.717, 1.165) is 30.2 Å². The molecular weight excluding hydrogens is 400 g/mol. The van der Waals surface area contributed by atoms with E-state index in [-0.39, 0.29) is 5.91 Å². The average Bonchev–Trinajstić information content (AvgIpc) is 2.82. The summed E-state index contributed by atoms with van der Waals surface area (Å²) in [5.74, 6) is 1.73. The number of ether oxygens (including phenoxy) is 1. The first-order chi connectivity index (χ1) is 15.5. The third kappa shape index (κ3) is 7.29. The molecule has 6 nitrogen and oxygen atoms in total. The molecule has 172 valence electrons. The Balaban J connectivity index is 1.42. The second-order valence-electron chi connectivity index (χ2n) is 8.52. The van der Waals surface area contributed by atoms with Crippen LogP contribution in [0.15, 0.2) is 53.5 Å². The Labute approximate surface area is 192 Å². The van der Waals surface area contributed by atoms with Gasteiger partial charge in [0, 0.05) is 39.8 Å². The predicted molar refractivity (Wildman–Crippen MR) is 130 cm³/mol. The molecule has 0 unspecified atom stereocenters. The molecule has 1 saturated carbocycles. The van der Waals surface area contributed by atoms with Crippen LogP contribution in [-0.2, 0) is 13.0 Å². The zero-order valence-electron chi connectivity index (χ0n) is 19.6. The molecule has 1 amide bonds. The summed E-state index contributed by atoms with van der Waals surface area (Å²) < 4.78 is 6.11. The third-order valence-electron chi connectivity index (χ3n) is 5.75. The second-order valence-corrected chi connectivity index (χ2v) is 8.52. The fraction of sp³-hybridized carbons (Fsp3) is 0.462. The van der Waals surface area contributed by atoms with Gasteiger partial charge in [0.1, 0.15) is 5.75 Å². The van der Waals surface area contributed by atoms with E-state index in [1.807, 2.05) is 24.3 Å². The van der Waals surface area contributed by atoms with E-state index >= 15 is 0 Å². The van der Waals surface area contributed by atoms with Gasteiger partial charge in [0.25, 0.3) is 5.91 Å². The lowest BCUT2D eigenvalue weighted by atomic mass is 9.98. The van der Waals surface area contributed by atoms with Crippen molar-refractivity contribution in [1.82, 2.24) is 15.5 Å². The van der Waals surface area contributed by atoms with Crippen molar-refractivity contribution >= 4 is 11.9 Å². The molecule has 2 aromatic carbocycles. The summed E-state index contributed by atoms with van der Waals surface area (Å²) in [6, 6.07) is 16.1. The van der Waals surface area contributed by atoms with Crippen LogP contribution < -0.4 is 15.4 Å². The summed E-state index contributed by atoms with van der Waals surface area (Å²) in [6.45, 7) is 1.42. The van der Waals surface area contributed by atoms with Gasteiger partial charge in [-0.3, -0.25) is 9.79 Å². The number of aliphatic imine (C=N–C) groups is 1. The fourth-order valence-corrected chi connectivity index (χ4v) is 3.91. The first-order valence-corrected chi connectivity index (χ1v) is 11.6. The maximum Gasteiger partial charge on any atom is 0.253 e. The van der Waals surface area contributed by atoms with E-state index in [1.54, 1.807) is 26.0 Å². The van der Waals surface area contributed by atoms with E-state index in [4.69, 9.17) is 4.74 Å². The number of guanidine groups is 1. The molecule has 0 atom stereocenters. The van der Waals surface area contributed by atoms with Crippen LogP contribution in [0.3, 0.4) is 0 Å². The number of amides is 1. The van der Waals surface area contributed by atoms with Crippen LogP contribution in [0.2, 0.25) is 0 Å². The van der Waals surface area contributed by atoms with Crippen molar-refractivity contribution < 1.29 is 9.53 Å². The monoisotopic (exact) mass is 436 g/mol. The van der Waals surface area contributed by atoms with Crippen LogP contribution in [0, 0.1) is 0 Å². The van der Waals surface area contributed by atoms with Gasteiger partial charge in [0.05, 0.1) is 6.10 Å². The molecule has 0 aromatic heterocycles. The van der Waals surface area contributed by atoms with E-state index in [1.165, 1.54) is 37.7 Å². The molecule has 0 heterocycles. The van der Waals surface area contributed by atoms with Crippen molar-refractivity contribution in [3.63, 3.8) is 0 Å². The zero-order valence-corrected chi connectivity index (χ0v) is 19.6. The van der Waals surface area contributed by atoms with Crippen molar-refractivity contribution in [2.24, 2.45) is 4.99 Å². The lowest BCUT2D eigenvalue weighted by Gasteiger charge is -2.23. The molecule has 0 aliphatic heterocycles. The normalized spacial score (nSPS) is 14.7. The van der Waals surface area contributed by atoms with E-state index in [2.05, 4.69) is 39.9 Å². The molecule has 1 aliphatic carbocycles. The molecule has 2 aromatic rings. The van der Waals surface area contributed by atoms with Crippen molar-refractivity contribution in [1.29, 1.82) is 0 Å². The second kappa shape index (κ2) is 12.1. The molecule has 0 bridgehead atoms. The Kier molecular flexibility index (Phi) is 8.96. The van der Waals surface area contributed by atoms with E-state index in [9.17, 15) is 4.79 Å². The quantitative estimate of drug-likeness (QED) is 0.485. The van der Waals surface area contributed by atoms with Gasteiger partial charge in [0.2, 0.25) is 0 Å². The standard InChI is InChI=1S/C26H36N4O2/c1-27-26(28-17-16-20-8-7-9-22(18-20)25(31)30(2)3)29-19-21-12-14-24(15-13-21)32-23-10-5-4-6-11-23/h7-9,12-15,18,23H,4-6,10-11,16-17,19H2,1-3H3,(H2,27,28,29). The first-order valence-electron chi connectivity index (χ1n) is 11.6. The SMILES string of the molecule is CN=C(NCCc1cccc(C(=O)N(C)C)c1)NCc1ccc(OC2CCCCC2)cc1. The molecule has 0 spiro atoms. The Morgan fingerprint density at radius 1 is 1.03 bits per heavy atom. The molecule has 3 rings (SSSR count). The number of nitrogens with one attached hydrogen (secondary N) is 2. The largest absolute Gasteiger partial charge is 0.490 e. The van der Waals surface area contributed by atoms with Gasteiger partial charge in [0.15, 0.2) is 5.96 Å². The molecule has 0 radical (unpaired) electrons. The van der Waals surface area contributed by atoms with Crippen LogP contribution in [0.5, 0.6) is 5.75 Å². The Bertz CT molecular complexity index is 887. The van der Waals surface area contributed by atoms with Crippen molar-refractivity contribution in [2.45, 2.75) is 51.2 Å². The lowest BCUT2D eigenvalue weighted by molar-refractivity contribution is 0.0827. The summed E-state index contributed by atoms with van der Waals surface area (Å²) in [7, 11) is 5.31. The van der Waals surface area contributed by atoms with Gasteiger partial charge < -0.3 is 20.3 Å². The highest BCUT2D eigenvalue weighted by molar-refractivity contribution is 5.94. The van der Waals surface area contributed by atoms with Crippen LogP contribution in [0.4, 0.5) is 0 Å². The van der Waals surface area contributed by atoms with Gasteiger partial charge in [-0.2, -0.15) is 0 Å². The first kappa shape index (κ1) is 23.6. The van der Waals surface area contributed by atoms with Crippen molar-refractivity contribution in [3.8, 4) is 5.75 Å². The molecular formula is C26H36N4O2. The van der Waals surface area contributed by atoms with Crippen LogP contribution in [-0.4, -0.2) is 50.6 Å². The number of hydrogen-bond donors (Lipinski definition) is 2. The highest BCUT2D eigenvalue weighted by atomic mass is 16.5. The predicted octanol–water partition coefficient (Wildman–Crippen LogP) is 4.01. The Hall–Kier alpha value is -3.02. The number of benzene rings is 2. The average molecular weight is 437 g/mol. The maximum atomic E-state index is 12.1. The van der Waals surface area contributed by atoms with Crippen LogP contribution in [0.25, 0.3) is 0 Å². The van der Waals surface area contributed by atoms with Gasteiger partial charge in [-0.15, -0.1) is 0 Å². The molecule has 32 heavy (non-hydrogen) atoms. The molecule has 1 aliphatic rings. The van der Waals surface area contributed by atoms with Crippen LogP contribution >= 0.6 is 0 Å². The minimum atomic E-state index is 0.0208. The Morgan fingerprint density at radius 3 is 2.47 bits per heavy atom. The number of nitrogens with zero attached hydrogens (tertiary/aromatic N) is 2. The van der Waals surface area contributed by atoms with E-state index < -0.39 is 0 Å². The number of hydrogen-bond acceptors (Lipinski definition) is 3. The summed E-state index contributed by atoms with van der Waals surface area (Å²) in [6.07, 6.45) is 7.41. The van der Waals surface area contributed by atoms with Gasteiger partial charge in [-0.25, -0.2) is 0 Å². The topological polar surface area (TPSA) is 66.0 Å². The highest BCUT2D eigenvalue weighted by Gasteiger charge is 2.14. The smallest absolute Gasteiger partial charge is 0.253 e. The Morgan fingerprint density at radius 2 is 1.78 bits per heavy atom. The summed E-state index contributed by atoms with van der Waals surface area (Å²) in [5.41, 5.74) is 3.01. The summed E-state index contributed by atoms with van der Waals surface area (Å²) in [4.78, 5) is 18.0. The maximum absolute atomic E-state index is 12.1. The van der Waals surface area contributed by atoms with Crippen molar-refractivity contribution in [2.75, 3.05) is 27.7 Å². The molecule has 6 heteroatoms. The summed E-state index contributed by atoms with van der Waals surface area (Å²) in [5, 5.41) is 6.70. The number of carbonyl (C=O) groups excluding carboxylic acids is 1. The lowest BCUT2D eigenvalue weighted by Crippen LogP contribution is -2.37. The molecule has 1 fully saturated rings. The molecule has 2 N–H and O–H groups in total. The fourth-order valence-electron chi connectivity index (χ4n) is 3.91. The van der Waals surface area contributed by atoms with E-state index in [0.29, 0.717) is 18.2 Å². The number of rotatable bonds is 8. The number of carbonyl (C=O) groups is 1. The van der Waals surface area contributed by atoms with Gasteiger partial charge in [-0.1, -0.05) is 30.7 Å². The van der Waals surface area contributed by atoms with Gasteiger partial charge >= 0.3 is 0 Å². The summed E-state index contributed by atoms with van der Waals surface area (Å²) >= 11 is 0. The highest BCUT2D eigenvalue weighted by Crippen LogP contribution is 2.23. The van der Waals surface area contributed by atoms with Gasteiger partial charge in [-0.05, 0) is 67.5 Å². The minimum absolute atomic E-state index is 0.0208. The third-order valence-corrected chi connectivity index (χ3v) is 5.75. The molecule has 0 saturated heterocycles. The zero-order chi connectivity index (χ0) is 22.8. The minimum Gasteiger partial charge on any atom is -0.490 e. The van der Waals surface area contributed by atoms with Crippen molar-refractivity contribution in [3.05, 3.63) is 65.2 Å². The van der Waals surface area contributed by atoms with Crippen LogP contribution in [0.1, 0.15) is 53.6 Å².